The molecule has 0 spiro atoms. The molecule has 0 saturated heterocycles. The van der Waals surface area contributed by atoms with Crippen LogP contribution in [0.5, 0.6) is 0 Å². The van der Waals surface area contributed by atoms with Gasteiger partial charge in [0.25, 0.3) is 0 Å². The van der Waals surface area contributed by atoms with Crippen LogP contribution in [-0.4, -0.2) is 29.1 Å². The first-order valence-electron chi connectivity index (χ1n) is 7.15. The van der Waals surface area contributed by atoms with Gasteiger partial charge in [0, 0.05) is 30.5 Å². The molecular weight excluding hydrogens is 284 g/mol. The molecule has 0 saturated carbocycles. The smallest absolute Gasteiger partial charge is 0.304 e. The van der Waals surface area contributed by atoms with Gasteiger partial charge in [0.1, 0.15) is 0 Å². The fraction of sp³-hybridized carbons (Fsp3) is 0.375. The fourth-order valence-corrected chi connectivity index (χ4v) is 2.79. The van der Waals surface area contributed by atoms with Gasteiger partial charge < -0.3 is 10.4 Å². The molecule has 2 N–H and O–H groups in total. The van der Waals surface area contributed by atoms with Gasteiger partial charge in [-0.05, 0) is 12.0 Å². The van der Waals surface area contributed by atoms with E-state index >= 15 is 0 Å². The number of benzene rings is 1. The number of rotatable bonds is 8. The molecular formula is C16H20N2O2S. The van der Waals surface area contributed by atoms with E-state index < -0.39 is 5.97 Å². The van der Waals surface area contributed by atoms with Crippen LogP contribution in [-0.2, 0) is 17.6 Å². The number of carboxylic acids is 1. The SMILES string of the molecule is CCc1ccc(-c2csc(CCNCCC(=O)O)n2)cc1. The van der Waals surface area contributed by atoms with Crippen molar-refractivity contribution in [3.05, 3.63) is 40.2 Å². The summed E-state index contributed by atoms with van der Waals surface area (Å²) >= 11 is 1.65. The van der Waals surface area contributed by atoms with Crippen molar-refractivity contribution in [3.8, 4) is 11.3 Å². The van der Waals surface area contributed by atoms with Gasteiger partial charge in [-0.3, -0.25) is 4.79 Å². The third-order valence-electron chi connectivity index (χ3n) is 3.24. The van der Waals surface area contributed by atoms with E-state index in [1.807, 2.05) is 0 Å². The Labute approximate surface area is 128 Å². The second-order valence-electron chi connectivity index (χ2n) is 4.82. The number of aliphatic carboxylic acids is 1. The van der Waals surface area contributed by atoms with E-state index in [1.54, 1.807) is 11.3 Å². The summed E-state index contributed by atoms with van der Waals surface area (Å²) in [4.78, 5) is 15.0. The summed E-state index contributed by atoms with van der Waals surface area (Å²) < 4.78 is 0. The van der Waals surface area contributed by atoms with Crippen molar-refractivity contribution in [1.29, 1.82) is 0 Å². The molecule has 4 nitrogen and oxygen atoms in total. The molecule has 1 aromatic heterocycles. The minimum atomic E-state index is -0.769. The van der Waals surface area contributed by atoms with Crippen LogP contribution >= 0.6 is 11.3 Å². The lowest BCUT2D eigenvalue weighted by Gasteiger charge is -2.01. The summed E-state index contributed by atoms with van der Waals surface area (Å²) in [5, 5.41) is 14.8. The molecule has 112 valence electrons. The number of hydrogen-bond acceptors (Lipinski definition) is 4. The van der Waals surface area contributed by atoms with Gasteiger partial charge in [0.15, 0.2) is 0 Å². The first kappa shape index (κ1) is 15.7. The minimum absolute atomic E-state index is 0.160. The van der Waals surface area contributed by atoms with E-state index in [-0.39, 0.29) is 6.42 Å². The molecule has 1 heterocycles. The monoisotopic (exact) mass is 304 g/mol. The standard InChI is InChI=1S/C16H20N2O2S/c1-2-12-3-5-13(6-4-12)14-11-21-15(18-14)7-9-17-10-8-16(19)20/h3-6,11,17H,2,7-10H2,1H3,(H,19,20). The van der Waals surface area contributed by atoms with E-state index in [4.69, 9.17) is 5.11 Å². The maximum Gasteiger partial charge on any atom is 0.304 e. The second kappa shape index (κ2) is 7.90. The van der Waals surface area contributed by atoms with Crippen LogP contribution < -0.4 is 5.32 Å². The summed E-state index contributed by atoms with van der Waals surface area (Å²) in [6, 6.07) is 8.51. The van der Waals surface area contributed by atoms with Crippen LogP contribution in [0, 0.1) is 0 Å². The van der Waals surface area contributed by atoms with E-state index in [9.17, 15) is 4.79 Å². The van der Waals surface area contributed by atoms with Crippen molar-refractivity contribution >= 4 is 17.3 Å². The number of nitrogens with one attached hydrogen (secondary N) is 1. The molecule has 5 heteroatoms. The van der Waals surface area contributed by atoms with Crippen molar-refractivity contribution in [2.45, 2.75) is 26.2 Å². The number of aromatic nitrogens is 1. The lowest BCUT2D eigenvalue weighted by atomic mass is 10.1. The highest BCUT2D eigenvalue weighted by Gasteiger charge is 2.04. The van der Waals surface area contributed by atoms with Gasteiger partial charge in [-0.1, -0.05) is 31.2 Å². The van der Waals surface area contributed by atoms with Gasteiger partial charge in [-0.25, -0.2) is 4.98 Å². The average Bonchev–Trinajstić information content (AvgIpc) is 2.95. The van der Waals surface area contributed by atoms with E-state index in [0.717, 1.165) is 35.7 Å². The number of aryl methyl sites for hydroxylation is 1. The van der Waals surface area contributed by atoms with Crippen LogP contribution in [0.15, 0.2) is 29.6 Å². The van der Waals surface area contributed by atoms with Crippen molar-refractivity contribution in [2.24, 2.45) is 0 Å². The van der Waals surface area contributed by atoms with Crippen molar-refractivity contribution in [3.63, 3.8) is 0 Å². The largest absolute Gasteiger partial charge is 0.481 e. The molecule has 1 aromatic carbocycles. The fourth-order valence-electron chi connectivity index (χ4n) is 1.99. The second-order valence-corrected chi connectivity index (χ2v) is 5.76. The number of carboxylic acid groups (broad SMARTS) is 1. The molecule has 0 atom stereocenters. The van der Waals surface area contributed by atoms with E-state index in [1.165, 1.54) is 5.56 Å². The molecule has 0 aliphatic rings. The summed E-state index contributed by atoms with van der Waals surface area (Å²) in [6.07, 6.45) is 2.04. The van der Waals surface area contributed by atoms with Gasteiger partial charge in [-0.2, -0.15) is 0 Å². The van der Waals surface area contributed by atoms with Crippen molar-refractivity contribution in [2.75, 3.05) is 13.1 Å². The summed E-state index contributed by atoms with van der Waals surface area (Å²) in [5.41, 5.74) is 3.49. The predicted octanol–water partition coefficient (Wildman–Crippen LogP) is 2.98. The van der Waals surface area contributed by atoms with Crippen LogP contribution in [0.25, 0.3) is 11.3 Å². The topological polar surface area (TPSA) is 62.2 Å². The Hall–Kier alpha value is -1.72. The quantitative estimate of drug-likeness (QED) is 0.736. The minimum Gasteiger partial charge on any atom is -0.481 e. The molecule has 21 heavy (non-hydrogen) atoms. The molecule has 0 aliphatic carbocycles. The molecule has 0 amide bonds. The van der Waals surface area contributed by atoms with Gasteiger partial charge in [0.2, 0.25) is 0 Å². The van der Waals surface area contributed by atoms with Crippen LogP contribution in [0.4, 0.5) is 0 Å². The zero-order chi connectivity index (χ0) is 15.1. The van der Waals surface area contributed by atoms with E-state index in [2.05, 4.69) is 46.9 Å². The number of carbonyl (C=O) groups is 1. The van der Waals surface area contributed by atoms with Gasteiger partial charge >= 0.3 is 5.97 Å². The first-order valence-corrected chi connectivity index (χ1v) is 8.03. The van der Waals surface area contributed by atoms with Crippen molar-refractivity contribution < 1.29 is 9.90 Å². The summed E-state index contributed by atoms with van der Waals surface area (Å²) in [7, 11) is 0. The third-order valence-corrected chi connectivity index (χ3v) is 4.15. The molecule has 0 radical (unpaired) electrons. The molecule has 2 rings (SSSR count). The Morgan fingerprint density at radius 3 is 2.71 bits per heavy atom. The maximum absolute atomic E-state index is 10.4. The molecule has 0 aliphatic heterocycles. The maximum atomic E-state index is 10.4. The Balaban J connectivity index is 1.84. The Bertz CT molecular complexity index is 578. The molecule has 0 bridgehead atoms. The highest BCUT2D eigenvalue weighted by Crippen LogP contribution is 2.22. The zero-order valence-electron chi connectivity index (χ0n) is 12.1. The Morgan fingerprint density at radius 2 is 2.05 bits per heavy atom. The Kier molecular flexibility index (Phi) is 5.90. The average molecular weight is 304 g/mol. The predicted molar refractivity (Wildman–Crippen MR) is 85.8 cm³/mol. The number of hydrogen-bond donors (Lipinski definition) is 2. The Morgan fingerprint density at radius 1 is 1.29 bits per heavy atom. The van der Waals surface area contributed by atoms with Gasteiger partial charge in [0.05, 0.1) is 17.1 Å². The van der Waals surface area contributed by atoms with Crippen molar-refractivity contribution in [1.82, 2.24) is 10.3 Å². The highest BCUT2D eigenvalue weighted by molar-refractivity contribution is 7.09. The lowest BCUT2D eigenvalue weighted by Crippen LogP contribution is -2.20. The summed E-state index contributed by atoms with van der Waals surface area (Å²) in [6.45, 7) is 3.41. The number of thiazole rings is 1. The molecule has 2 aromatic rings. The van der Waals surface area contributed by atoms with Gasteiger partial charge in [-0.15, -0.1) is 11.3 Å². The van der Waals surface area contributed by atoms with Crippen LogP contribution in [0.1, 0.15) is 23.9 Å². The molecule has 0 fully saturated rings. The normalized spacial score (nSPS) is 10.7. The summed E-state index contributed by atoms with van der Waals surface area (Å²) in [5.74, 6) is -0.769. The number of nitrogens with zero attached hydrogens (tertiary/aromatic N) is 1. The van der Waals surface area contributed by atoms with Crippen LogP contribution in [0.2, 0.25) is 0 Å². The third kappa shape index (κ3) is 4.95. The van der Waals surface area contributed by atoms with E-state index in [0.29, 0.717) is 6.54 Å². The lowest BCUT2D eigenvalue weighted by molar-refractivity contribution is -0.136. The molecule has 0 unspecified atom stereocenters. The highest BCUT2D eigenvalue weighted by atomic mass is 32.1. The van der Waals surface area contributed by atoms with Crippen LogP contribution in [0.3, 0.4) is 0 Å². The zero-order valence-corrected chi connectivity index (χ0v) is 12.9. The first-order chi connectivity index (χ1) is 10.2.